The maximum Gasteiger partial charge on any atom is 0.191 e. The molecule has 2 aliphatic heterocycles. The lowest BCUT2D eigenvalue weighted by atomic mass is 10.0. The molecule has 0 radical (unpaired) electrons. The van der Waals surface area contributed by atoms with E-state index in [0.29, 0.717) is 11.2 Å². The molecule has 1 atom stereocenters. The Labute approximate surface area is 147 Å². The molecule has 21 heavy (non-hydrogen) atoms. The minimum absolute atomic E-state index is 0. The molecule has 1 fully saturated rings. The molecule has 2 aliphatic rings. The molecule has 2 N–H and O–H groups in total. The van der Waals surface area contributed by atoms with Crippen molar-refractivity contribution in [3.05, 3.63) is 35.4 Å². The summed E-state index contributed by atoms with van der Waals surface area (Å²) in [6, 6.07) is 8.70. The number of aryl methyl sites for hydroxylation is 1. The Balaban J connectivity index is 0.00000161. The van der Waals surface area contributed by atoms with Crippen LogP contribution < -0.4 is 5.73 Å². The summed E-state index contributed by atoms with van der Waals surface area (Å²) in [5.74, 6) is 1.84. The van der Waals surface area contributed by atoms with Gasteiger partial charge in [-0.05, 0) is 23.3 Å². The van der Waals surface area contributed by atoms with Gasteiger partial charge < -0.3 is 15.4 Å². The van der Waals surface area contributed by atoms with E-state index in [1.54, 1.807) is 0 Å². The molecule has 116 valence electrons. The first kappa shape index (κ1) is 16.9. The van der Waals surface area contributed by atoms with Crippen molar-refractivity contribution in [2.45, 2.75) is 11.7 Å². The lowest BCUT2D eigenvalue weighted by Crippen LogP contribution is -2.45. The summed E-state index contributed by atoms with van der Waals surface area (Å²) in [6.07, 6.45) is 1.17. The minimum atomic E-state index is 0. The Hall–Kier alpha value is -0.470. The van der Waals surface area contributed by atoms with Gasteiger partial charge in [0.1, 0.15) is 0 Å². The molecule has 0 saturated carbocycles. The number of guanidine groups is 1. The van der Waals surface area contributed by atoms with Crippen molar-refractivity contribution in [1.82, 2.24) is 4.90 Å². The Morgan fingerprint density at radius 2 is 2.10 bits per heavy atom. The van der Waals surface area contributed by atoms with Gasteiger partial charge in [-0.1, -0.05) is 24.3 Å². The highest BCUT2D eigenvalue weighted by atomic mass is 127. The van der Waals surface area contributed by atoms with Gasteiger partial charge in [-0.25, -0.2) is 0 Å². The van der Waals surface area contributed by atoms with Crippen molar-refractivity contribution in [3.8, 4) is 0 Å². The second-order valence-corrected chi connectivity index (χ2v) is 6.42. The molecule has 0 amide bonds. The summed E-state index contributed by atoms with van der Waals surface area (Å²) >= 11 is 1.99. The maximum absolute atomic E-state index is 6.10. The van der Waals surface area contributed by atoms with Crippen LogP contribution in [0.5, 0.6) is 0 Å². The number of halogens is 1. The summed E-state index contributed by atoms with van der Waals surface area (Å²) in [4.78, 5) is 6.73. The van der Waals surface area contributed by atoms with Gasteiger partial charge in [-0.2, -0.15) is 11.8 Å². The molecule has 4 nitrogen and oxygen atoms in total. The summed E-state index contributed by atoms with van der Waals surface area (Å²) in [6.45, 7) is 3.97. The molecular formula is C15H22IN3OS. The lowest BCUT2D eigenvalue weighted by molar-refractivity contribution is 0.0674. The van der Waals surface area contributed by atoms with E-state index in [0.717, 1.165) is 32.8 Å². The Kier molecular flexibility index (Phi) is 6.63. The predicted molar refractivity (Wildman–Crippen MR) is 99.6 cm³/mol. The van der Waals surface area contributed by atoms with Gasteiger partial charge in [0.25, 0.3) is 0 Å². The van der Waals surface area contributed by atoms with E-state index in [1.807, 2.05) is 11.8 Å². The van der Waals surface area contributed by atoms with Crippen LogP contribution in [0.2, 0.25) is 0 Å². The molecular weight excluding hydrogens is 397 g/mol. The smallest absolute Gasteiger partial charge is 0.191 e. The fraction of sp³-hybridized carbons (Fsp3) is 0.533. The largest absolute Gasteiger partial charge is 0.378 e. The number of ether oxygens (including phenoxy) is 1. The number of hydrogen-bond donors (Lipinski definition) is 1. The van der Waals surface area contributed by atoms with E-state index in [-0.39, 0.29) is 24.0 Å². The number of morpholine rings is 1. The first-order valence-corrected chi connectivity index (χ1v) is 8.21. The van der Waals surface area contributed by atoms with Crippen LogP contribution in [-0.4, -0.2) is 49.5 Å². The van der Waals surface area contributed by atoms with E-state index in [2.05, 4.69) is 34.2 Å². The third-order valence-corrected chi connectivity index (χ3v) is 5.09. The van der Waals surface area contributed by atoms with Gasteiger partial charge in [0.15, 0.2) is 5.96 Å². The third-order valence-electron chi connectivity index (χ3n) is 3.85. The molecule has 1 aromatic carbocycles. The van der Waals surface area contributed by atoms with Crippen molar-refractivity contribution < 1.29 is 4.74 Å². The second-order valence-electron chi connectivity index (χ2n) is 5.11. The summed E-state index contributed by atoms with van der Waals surface area (Å²) in [5, 5.41) is 0.444. The normalized spacial score (nSPS) is 22.4. The molecule has 0 aromatic heterocycles. The number of rotatable bonds is 2. The zero-order chi connectivity index (χ0) is 13.8. The molecule has 1 saturated heterocycles. The quantitative estimate of drug-likeness (QED) is 0.454. The lowest BCUT2D eigenvalue weighted by Gasteiger charge is -2.28. The molecule has 1 unspecified atom stereocenters. The number of hydrogen-bond acceptors (Lipinski definition) is 3. The van der Waals surface area contributed by atoms with Crippen molar-refractivity contribution in [3.63, 3.8) is 0 Å². The van der Waals surface area contributed by atoms with Gasteiger partial charge in [0.05, 0.1) is 19.8 Å². The average molecular weight is 419 g/mol. The predicted octanol–water partition coefficient (Wildman–Crippen LogP) is 2.28. The van der Waals surface area contributed by atoms with E-state index in [1.165, 1.54) is 23.3 Å². The van der Waals surface area contributed by atoms with Gasteiger partial charge >= 0.3 is 0 Å². The molecule has 1 aromatic rings. The number of fused-ring (bicyclic) bond motifs is 1. The second kappa shape index (κ2) is 8.24. The van der Waals surface area contributed by atoms with Gasteiger partial charge in [0.2, 0.25) is 0 Å². The summed E-state index contributed by atoms with van der Waals surface area (Å²) < 4.78 is 5.33. The van der Waals surface area contributed by atoms with E-state index < -0.39 is 0 Å². The topological polar surface area (TPSA) is 50.8 Å². The van der Waals surface area contributed by atoms with Crippen LogP contribution in [0.3, 0.4) is 0 Å². The van der Waals surface area contributed by atoms with Crippen LogP contribution in [0.4, 0.5) is 0 Å². The fourth-order valence-corrected chi connectivity index (χ4v) is 3.91. The number of nitrogens with zero attached hydrogens (tertiary/aromatic N) is 2. The van der Waals surface area contributed by atoms with Crippen LogP contribution in [0.1, 0.15) is 16.4 Å². The first-order chi connectivity index (χ1) is 9.84. The fourth-order valence-electron chi connectivity index (χ4n) is 2.70. The number of nitrogens with two attached hydrogens (primary N) is 1. The summed E-state index contributed by atoms with van der Waals surface area (Å²) in [5.41, 5.74) is 9.00. The number of aliphatic imine (C=N–C) groups is 1. The standard InChI is InChI=1S/C15H21N3OS.HI/c16-15(18-6-8-19-9-7-18)17-11-14-13-4-2-1-3-12(13)5-10-20-14;/h1-4,14H,5-11H2,(H2,16,17);1H. The molecule has 3 rings (SSSR count). The molecule has 0 bridgehead atoms. The number of thioether (sulfide) groups is 1. The SMILES string of the molecule is I.NC(=NCC1SCCc2ccccc21)N1CCOCC1. The minimum Gasteiger partial charge on any atom is -0.378 e. The Morgan fingerprint density at radius 3 is 2.90 bits per heavy atom. The van der Waals surface area contributed by atoms with Gasteiger partial charge in [-0.15, -0.1) is 24.0 Å². The molecule has 0 aliphatic carbocycles. The van der Waals surface area contributed by atoms with Crippen LogP contribution in [0.15, 0.2) is 29.3 Å². The highest BCUT2D eigenvalue weighted by Crippen LogP contribution is 2.36. The first-order valence-electron chi connectivity index (χ1n) is 7.16. The van der Waals surface area contributed by atoms with Gasteiger partial charge in [0, 0.05) is 18.3 Å². The van der Waals surface area contributed by atoms with E-state index in [9.17, 15) is 0 Å². The molecule has 0 spiro atoms. The van der Waals surface area contributed by atoms with E-state index in [4.69, 9.17) is 10.5 Å². The van der Waals surface area contributed by atoms with Crippen molar-refractivity contribution >= 4 is 41.7 Å². The highest BCUT2D eigenvalue weighted by molar-refractivity contribution is 14.0. The van der Waals surface area contributed by atoms with Crippen molar-refractivity contribution in [2.24, 2.45) is 10.7 Å². The zero-order valence-corrected chi connectivity index (χ0v) is 15.2. The van der Waals surface area contributed by atoms with Gasteiger partial charge in [-0.3, -0.25) is 4.99 Å². The number of benzene rings is 1. The average Bonchev–Trinajstić information content (AvgIpc) is 2.53. The van der Waals surface area contributed by atoms with E-state index >= 15 is 0 Å². The molecule has 6 heteroatoms. The Bertz CT molecular complexity index is 492. The molecule has 2 heterocycles. The third kappa shape index (κ3) is 4.26. The van der Waals surface area contributed by atoms with Crippen LogP contribution in [-0.2, 0) is 11.2 Å². The van der Waals surface area contributed by atoms with Crippen LogP contribution in [0.25, 0.3) is 0 Å². The maximum atomic E-state index is 6.10. The van der Waals surface area contributed by atoms with Crippen molar-refractivity contribution in [2.75, 3.05) is 38.6 Å². The van der Waals surface area contributed by atoms with Crippen LogP contribution in [0, 0.1) is 0 Å². The zero-order valence-electron chi connectivity index (χ0n) is 12.0. The van der Waals surface area contributed by atoms with Crippen LogP contribution >= 0.6 is 35.7 Å². The van der Waals surface area contributed by atoms with Crippen molar-refractivity contribution in [1.29, 1.82) is 0 Å². The Morgan fingerprint density at radius 1 is 1.33 bits per heavy atom. The summed E-state index contributed by atoms with van der Waals surface area (Å²) in [7, 11) is 0. The monoisotopic (exact) mass is 419 g/mol. The highest BCUT2D eigenvalue weighted by Gasteiger charge is 2.20.